The molecule has 4 aliphatic carbocycles. The van der Waals surface area contributed by atoms with E-state index in [0.717, 1.165) is 217 Å². The molecule has 17 rings (SSSR count). The summed E-state index contributed by atoms with van der Waals surface area (Å²) in [6.45, 7) is 14.2. The van der Waals surface area contributed by atoms with Crippen LogP contribution in [0.4, 0.5) is 0 Å². The summed E-state index contributed by atoms with van der Waals surface area (Å²) in [6, 6.07) is 23.5. The highest BCUT2D eigenvalue weighted by Crippen LogP contribution is 2.44. The first-order chi connectivity index (χ1) is 69.1. The third-order valence-corrected chi connectivity index (χ3v) is 35.6. The van der Waals surface area contributed by atoms with Crippen molar-refractivity contribution in [2.75, 3.05) is 60.6 Å². The van der Waals surface area contributed by atoms with Gasteiger partial charge in [-0.2, -0.15) is 15.5 Å². The number of aromatic nitrogens is 7. The number of nitrogens with zero attached hydrogens (tertiary/aromatic N) is 12. The molecule has 4 amide bonds. The zero-order valence-corrected chi connectivity index (χ0v) is 90.5. The Bertz CT molecular complexity index is 6210. The van der Waals surface area contributed by atoms with Crippen LogP contribution >= 0.6 is 58.0 Å². The van der Waals surface area contributed by atoms with Crippen molar-refractivity contribution in [2.24, 2.45) is 54.4 Å². The third kappa shape index (κ3) is 26.5. The number of amides is 4. The van der Waals surface area contributed by atoms with Gasteiger partial charge in [-0.3, -0.25) is 52.5 Å². The number of carbonyl (C=O) groups excluding carboxylic acids is 9. The van der Waals surface area contributed by atoms with Gasteiger partial charge >= 0.3 is 0 Å². The Balaban J connectivity index is 0.000000152. The number of hydrogen-bond acceptors (Lipinski definition) is 18. The van der Waals surface area contributed by atoms with Gasteiger partial charge in [-0.1, -0.05) is 135 Å². The van der Waals surface area contributed by atoms with Gasteiger partial charge in [-0.15, -0.1) is 0 Å². The van der Waals surface area contributed by atoms with Crippen LogP contribution in [0.15, 0.2) is 102 Å². The van der Waals surface area contributed by atoms with E-state index in [9.17, 15) is 56.8 Å². The topological polar surface area (TPSA) is 323 Å². The van der Waals surface area contributed by atoms with E-state index in [-0.39, 0.29) is 154 Å². The van der Waals surface area contributed by atoms with E-state index in [1.54, 1.807) is 70.7 Å². The van der Waals surface area contributed by atoms with E-state index < -0.39 is 9.84 Å². The molecular formula is C111H149Cl5N16O11S. The molecule has 0 radical (unpaired) electrons. The van der Waals surface area contributed by atoms with E-state index in [0.29, 0.717) is 106 Å². The Hall–Kier alpha value is -8.86. The number of ketones is 5. The van der Waals surface area contributed by atoms with Gasteiger partial charge in [0.15, 0.2) is 21.3 Å². The first-order valence-corrected chi connectivity index (χ1v) is 56.7. The van der Waals surface area contributed by atoms with Crippen molar-refractivity contribution in [1.82, 2.24) is 74.1 Å². The summed E-state index contributed by atoms with van der Waals surface area (Å²) in [5.41, 5.74) is 6.66. The molecule has 5 aromatic heterocycles. The number of Topliss-reactive ketones (excluding diaryl/α,β-unsaturated/α-hetero) is 5. The molecule has 4 saturated carbocycles. The van der Waals surface area contributed by atoms with Crippen molar-refractivity contribution in [2.45, 2.75) is 319 Å². The molecular weight excluding hydrogens is 1940 g/mol. The van der Waals surface area contributed by atoms with E-state index >= 15 is 0 Å². The zero-order valence-electron chi connectivity index (χ0n) is 85.9. The van der Waals surface area contributed by atoms with E-state index in [4.69, 9.17) is 58.0 Å². The molecule has 9 heterocycles. The van der Waals surface area contributed by atoms with E-state index in [2.05, 4.69) is 59.3 Å². The highest BCUT2D eigenvalue weighted by molar-refractivity contribution is 7.91. The van der Waals surface area contributed by atoms with Gasteiger partial charge in [0, 0.05) is 210 Å². The summed E-state index contributed by atoms with van der Waals surface area (Å²) in [5.74, 6) is 0.948. The number of hydrogen-bond donors (Lipinski definition) is 4. The monoisotopic (exact) mass is 2090 g/mol. The number of halogens is 5. The number of fused-ring (bicyclic) bond motifs is 4. The lowest BCUT2D eigenvalue weighted by Crippen LogP contribution is -2.45. The van der Waals surface area contributed by atoms with Crippen LogP contribution in [-0.2, 0) is 81.4 Å². The number of rotatable bonds is 35. The van der Waals surface area contributed by atoms with Crippen LogP contribution in [0.5, 0.6) is 0 Å². The van der Waals surface area contributed by atoms with Crippen LogP contribution in [0.3, 0.4) is 0 Å². The number of nitrogens with one attached hydrogen (secondary N) is 4. The molecule has 4 N–H and O–H groups in total. The Morgan fingerprint density at radius 1 is 0.410 bits per heavy atom. The second kappa shape index (κ2) is 50.9. The Morgan fingerprint density at radius 2 is 0.750 bits per heavy atom. The molecule has 8 fully saturated rings. The minimum atomic E-state index is -3.44. The van der Waals surface area contributed by atoms with Gasteiger partial charge < -0.3 is 54.6 Å². The molecule has 33 heteroatoms. The molecule has 1 unspecified atom stereocenters. The molecule has 0 spiro atoms. The van der Waals surface area contributed by atoms with Crippen molar-refractivity contribution in [1.29, 1.82) is 5.26 Å². The molecule has 27 nitrogen and oxygen atoms in total. The minimum absolute atomic E-state index is 0.000683. The van der Waals surface area contributed by atoms with Crippen LogP contribution in [0, 0.1) is 58.7 Å². The fourth-order valence-corrected chi connectivity index (χ4v) is 25.9. The first-order valence-electron chi connectivity index (χ1n) is 52.9. The Labute approximate surface area is 874 Å². The fraction of sp³-hybridized carbons (Fsp3) is 0.604. The number of nitriles is 1. The average Bonchev–Trinajstić information content (AvgIpc) is 1.55. The predicted octanol–water partition coefficient (Wildman–Crippen LogP) is 20.1. The van der Waals surface area contributed by atoms with Gasteiger partial charge in [-0.25, -0.2) is 8.42 Å². The van der Waals surface area contributed by atoms with E-state index in [1.807, 2.05) is 118 Å². The van der Waals surface area contributed by atoms with Gasteiger partial charge in [0.1, 0.15) is 29.2 Å². The number of carbonyl (C=O) groups is 9. The molecule has 4 aromatic carbocycles. The quantitative estimate of drug-likeness (QED) is 0.0268. The SMILES string of the molecule is CN[C@@H](C)C(=O)CC(C(=O)N1CCC[C@H]1Cn1nc(C#N)c2cc(Cl)ccc21)C1CCCCC1.CN[C@@H](C)C(=O)C[C@H](C(=O)N1CCC[C@H]1Cn1cc(-c2ccnn2C)c2cc(Cl)ccc21)C1CCCCC1.CN[C@@H](C)C(=O)C[C@H](C(=O)N1CCC[C@H]1Cn1cc(C(C)=O)c2cc(Cl)c(Cl)cc21)C1CCCCC1.CN[C@@H](C)C(=O)C[C@H](C(=O)N1CCC[C@H]1Cn1cc(S(C)(=O)=O)c2cc(Cl)ccc21)C1CCCCC1. The van der Waals surface area contributed by atoms with Crippen molar-refractivity contribution in [3.05, 3.63) is 134 Å². The summed E-state index contributed by atoms with van der Waals surface area (Å²) in [6.07, 6.45) is 39.3. The van der Waals surface area contributed by atoms with Gasteiger partial charge in [-0.05, 0) is 262 Å². The Morgan fingerprint density at radius 3 is 1.10 bits per heavy atom. The second-order valence-corrected chi connectivity index (χ2v) is 46.3. The maximum absolute atomic E-state index is 14.2. The third-order valence-electron chi connectivity index (χ3n) is 33.0. The summed E-state index contributed by atoms with van der Waals surface area (Å²) in [4.78, 5) is 128. The second-order valence-electron chi connectivity index (χ2n) is 42.2. The first kappa shape index (κ1) is 111. The van der Waals surface area contributed by atoms with Crippen molar-refractivity contribution < 1.29 is 51.6 Å². The standard InChI is InChI=1S/C30H40ClN5O2.C28H37Cl2N3O3.C27H38ClN3O4S.C26H34ClN5O2/c1-20(32-2)29(37)17-24(21-8-5-4-6-9-21)30(38)36-15-7-10-23(36)18-35-19-26(27-13-14-33-34(27)3)25-16-22(31)11-12-28(25)35;1-17(31-3)27(35)13-21(19-8-5-4-6-9-19)28(36)33-11-7-10-20(33)15-32-16-23(18(2)34)22-12-24(29)25(30)14-26(22)32;1-18(29-2)25(32)15-22(19-8-5-4-6-9-19)27(33)31-13-7-10-21(31)16-30-17-26(36(3,34)35)23-14-20(28)11-12-24(23)30;1-17(29-2)25(33)14-21(18-7-4-3-5-8-18)26(34)31-12-6-9-20(31)16-32-24-11-10-19(27)13-22(24)23(15-28)30-32/h11-14,16,19-21,23-24,32H,4-10,15,17-18H2,1-3H3;12,14,16-17,19-21,31H,4-11,13,15H2,1-3H3;11-12,14,17-19,21-22,29H,4-10,13,15-16H2,1-3H3;10-11,13,17-18,20-21,29H,3-9,12,14,16H2,1-2H3/t20-,23-,24-;17-,20-,21-;18-,21-,22-;17-,20-,21?/m0000/s1. The minimum Gasteiger partial charge on any atom is -0.345 e. The normalized spacial score (nSPS) is 20.7. The lowest BCUT2D eigenvalue weighted by Gasteiger charge is -2.35. The van der Waals surface area contributed by atoms with Crippen LogP contribution in [0.25, 0.3) is 54.9 Å². The highest BCUT2D eigenvalue weighted by Gasteiger charge is 2.46. The van der Waals surface area contributed by atoms with Crippen LogP contribution in [0.2, 0.25) is 25.1 Å². The maximum Gasteiger partial charge on any atom is 0.226 e. The molecule has 9 aromatic rings. The number of aryl methyl sites for hydroxylation is 1. The maximum atomic E-state index is 14.2. The predicted molar refractivity (Wildman–Crippen MR) is 572 cm³/mol. The van der Waals surface area contributed by atoms with Gasteiger partial charge in [0.05, 0.1) is 68.4 Å². The van der Waals surface area contributed by atoms with Crippen molar-refractivity contribution >= 4 is 164 Å². The smallest absolute Gasteiger partial charge is 0.226 e. The largest absolute Gasteiger partial charge is 0.345 e. The average molecular weight is 2090 g/mol. The van der Waals surface area contributed by atoms with Crippen molar-refractivity contribution in [3.63, 3.8) is 0 Å². The molecule has 144 heavy (non-hydrogen) atoms. The van der Waals surface area contributed by atoms with Crippen LogP contribution < -0.4 is 21.3 Å². The summed E-state index contributed by atoms with van der Waals surface area (Å²) < 4.78 is 34.9. The number of benzene rings is 4. The summed E-state index contributed by atoms with van der Waals surface area (Å²) in [7, 11) is 5.66. The molecule has 8 aliphatic rings. The van der Waals surface area contributed by atoms with E-state index in [1.165, 1.54) is 31.9 Å². The summed E-state index contributed by atoms with van der Waals surface area (Å²) >= 11 is 31.3. The van der Waals surface area contributed by atoms with Gasteiger partial charge in [0.25, 0.3) is 0 Å². The number of sulfone groups is 1. The van der Waals surface area contributed by atoms with Gasteiger partial charge in [0.2, 0.25) is 23.6 Å². The van der Waals surface area contributed by atoms with Crippen molar-refractivity contribution in [3.8, 4) is 17.3 Å². The zero-order chi connectivity index (χ0) is 103. The lowest BCUT2D eigenvalue weighted by molar-refractivity contribution is -0.142. The van der Waals surface area contributed by atoms with Crippen LogP contribution in [0.1, 0.15) is 256 Å². The molecule has 12 atom stereocenters. The summed E-state index contributed by atoms with van der Waals surface area (Å²) in [5, 5.41) is 36.4. The molecule has 780 valence electrons. The highest BCUT2D eigenvalue weighted by atomic mass is 35.5. The Kier molecular flexibility index (Phi) is 39.2. The molecule has 0 bridgehead atoms. The number of likely N-dealkylation sites (tertiary alicyclic amines) is 4. The fourth-order valence-electron chi connectivity index (χ4n) is 24.2. The van der Waals surface area contributed by atoms with Crippen LogP contribution in [-0.4, -0.2) is 223 Å². The molecule has 4 aliphatic heterocycles. The lowest BCUT2D eigenvalue weighted by atomic mass is 9.76. The number of likely N-dealkylation sites (N-methyl/N-ethyl adjacent to an activating group) is 4. The molecule has 4 saturated heterocycles.